The van der Waals surface area contributed by atoms with E-state index in [2.05, 4.69) is 67.2 Å². The quantitative estimate of drug-likeness (QED) is 0.607. The van der Waals surface area contributed by atoms with Gasteiger partial charge in [-0.1, -0.05) is 41.5 Å². The van der Waals surface area contributed by atoms with Gasteiger partial charge in [0.15, 0.2) is 0 Å². The summed E-state index contributed by atoms with van der Waals surface area (Å²) in [4.78, 5) is 15.2. The summed E-state index contributed by atoms with van der Waals surface area (Å²) in [5.41, 5.74) is 0.00649. The van der Waals surface area contributed by atoms with Gasteiger partial charge < -0.3 is 4.90 Å². The lowest BCUT2D eigenvalue weighted by atomic mass is 9.76. The standard InChI is InChI=1S/C19H37NO/c1-13-10-14(2)15(3)12-16(18(4,5)6)20(17(21)11-13)19(7,8)9/h13-16H,10-12H2,1-9H3/t13-,14+,15-,16-/m1/s1. The molecule has 0 radical (unpaired) electrons. The van der Waals surface area contributed by atoms with Crippen molar-refractivity contribution in [1.82, 2.24) is 4.90 Å². The Morgan fingerprint density at radius 3 is 1.81 bits per heavy atom. The highest BCUT2D eigenvalue weighted by Crippen LogP contribution is 2.39. The largest absolute Gasteiger partial charge is 0.334 e. The van der Waals surface area contributed by atoms with E-state index in [1.165, 1.54) is 6.42 Å². The molecule has 0 spiro atoms. The van der Waals surface area contributed by atoms with Crippen LogP contribution in [-0.2, 0) is 4.79 Å². The van der Waals surface area contributed by atoms with Crippen molar-refractivity contribution < 1.29 is 4.79 Å². The Bertz CT molecular complexity index is 361. The number of hydrogen-bond donors (Lipinski definition) is 0. The lowest BCUT2D eigenvalue weighted by Crippen LogP contribution is -2.56. The molecule has 1 aliphatic heterocycles. The van der Waals surface area contributed by atoms with E-state index >= 15 is 0 Å². The van der Waals surface area contributed by atoms with Crippen LogP contribution in [0.2, 0.25) is 0 Å². The molecular formula is C19H37NO. The molecule has 0 saturated carbocycles. The summed E-state index contributed by atoms with van der Waals surface area (Å²) in [5, 5.41) is 0. The first-order valence-electron chi connectivity index (χ1n) is 8.66. The molecule has 1 rings (SSSR count). The van der Waals surface area contributed by atoms with Gasteiger partial charge in [0.2, 0.25) is 5.91 Å². The summed E-state index contributed by atoms with van der Waals surface area (Å²) in [6.45, 7) is 20.3. The number of nitrogens with zero attached hydrogens (tertiary/aromatic N) is 1. The summed E-state index contributed by atoms with van der Waals surface area (Å²) in [6.07, 6.45) is 2.98. The maximum absolute atomic E-state index is 13.0. The van der Waals surface area contributed by atoms with Gasteiger partial charge in [0, 0.05) is 18.0 Å². The zero-order chi connectivity index (χ0) is 16.6. The predicted octanol–water partition coefficient (Wildman–Crippen LogP) is 5.12. The van der Waals surface area contributed by atoms with E-state index in [9.17, 15) is 4.79 Å². The second-order valence-electron chi connectivity index (χ2n) is 9.55. The Kier molecular flexibility index (Phi) is 5.56. The van der Waals surface area contributed by atoms with E-state index in [-0.39, 0.29) is 11.0 Å². The fourth-order valence-corrected chi connectivity index (χ4v) is 3.79. The number of carbonyl (C=O) groups excluding carboxylic acids is 1. The van der Waals surface area contributed by atoms with Crippen LogP contribution in [0, 0.1) is 23.2 Å². The lowest BCUT2D eigenvalue weighted by Gasteiger charge is -2.48. The molecule has 4 atom stereocenters. The van der Waals surface area contributed by atoms with E-state index < -0.39 is 0 Å². The summed E-state index contributed by atoms with van der Waals surface area (Å²) >= 11 is 0. The fraction of sp³-hybridized carbons (Fsp3) is 0.947. The van der Waals surface area contributed by atoms with Crippen LogP contribution in [0.1, 0.15) is 81.6 Å². The second kappa shape index (κ2) is 6.30. The Morgan fingerprint density at radius 2 is 1.38 bits per heavy atom. The Hall–Kier alpha value is -0.530. The average Bonchev–Trinajstić information content (AvgIpc) is 2.26. The maximum Gasteiger partial charge on any atom is 0.223 e. The van der Waals surface area contributed by atoms with E-state index in [1.807, 2.05) is 0 Å². The Morgan fingerprint density at radius 1 is 0.905 bits per heavy atom. The zero-order valence-corrected chi connectivity index (χ0v) is 15.8. The van der Waals surface area contributed by atoms with Crippen molar-refractivity contribution in [3.63, 3.8) is 0 Å². The normalized spacial score (nSPS) is 33.4. The Labute approximate surface area is 132 Å². The molecule has 0 unspecified atom stereocenters. The summed E-state index contributed by atoms with van der Waals surface area (Å²) in [5.74, 6) is 2.18. The van der Waals surface area contributed by atoms with Gasteiger partial charge in [0.25, 0.3) is 0 Å². The molecule has 1 amide bonds. The van der Waals surface area contributed by atoms with Crippen LogP contribution >= 0.6 is 0 Å². The highest BCUT2D eigenvalue weighted by molar-refractivity contribution is 5.77. The SMILES string of the molecule is C[C@H]1CC(=O)N(C(C)(C)C)[C@@H](C(C)(C)C)C[C@@H](C)[C@@H](C)C1. The zero-order valence-electron chi connectivity index (χ0n) is 15.8. The topological polar surface area (TPSA) is 20.3 Å². The summed E-state index contributed by atoms with van der Waals surface area (Å²) < 4.78 is 0. The van der Waals surface area contributed by atoms with Gasteiger partial charge in [-0.25, -0.2) is 0 Å². The van der Waals surface area contributed by atoms with E-state index in [4.69, 9.17) is 0 Å². The van der Waals surface area contributed by atoms with Crippen LogP contribution in [0.5, 0.6) is 0 Å². The molecule has 0 aromatic heterocycles. The summed E-state index contributed by atoms with van der Waals surface area (Å²) in [6, 6.07) is 0.313. The maximum atomic E-state index is 13.0. The van der Waals surface area contributed by atoms with Crippen molar-refractivity contribution in [2.75, 3.05) is 0 Å². The van der Waals surface area contributed by atoms with Crippen molar-refractivity contribution in [2.45, 2.75) is 93.2 Å². The van der Waals surface area contributed by atoms with Gasteiger partial charge in [0.05, 0.1) is 0 Å². The van der Waals surface area contributed by atoms with Gasteiger partial charge in [-0.05, 0) is 56.8 Å². The van der Waals surface area contributed by atoms with Crippen molar-refractivity contribution in [3.05, 3.63) is 0 Å². The third-order valence-corrected chi connectivity index (χ3v) is 5.17. The molecule has 1 heterocycles. The van der Waals surface area contributed by atoms with E-state index in [0.29, 0.717) is 36.1 Å². The molecule has 1 aliphatic rings. The van der Waals surface area contributed by atoms with Crippen LogP contribution < -0.4 is 0 Å². The van der Waals surface area contributed by atoms with Crippen molar-refractivity contribution in [2.24, 2.45) is 23.2 Å². The van der Waals surface area contributed by atoms with E-state index in [0.717, 1.165) is 6.42 Å². The monoisotopic (exact) mass is 295 g/mol. The van der Waals surface area contributed by atoms with Gasteiger partial charge in [-0.3, -0.25) is 4.79 Å². The molecule has 0 aromatic rings. The molecule has 2 heteroatoms. The van der Waals surface area contributed by atoms with Gasteiger partial charge in [-0.2, -0.15) is 0 Å². The Balaban J connectivity index is 3.26. The minimum Gasteiger partial charge on any atom is -0.334 e. The second-order valence-corrected chi connectivity index (χ2v) is 9.55. The predicted molar refractivity (Wildman–Crippen MR) is 91.2 cm³/mol. The molecule has 0 bridgehead atoms. The number of rotatable bonds is 0. The molecule has 124 valence electrons. The third-order valence-electron chi connectivity index (χ3n) is 5.17. The first kappa shape index (κ1) is 18.5. The number of hydrogen-bond acceptors (Lipinski definition) is 1. The van der Waals surface area contributed by atoms with Gasteiger partial charge >= 0.3 is 0 Å². The van der Waals surface area contributed by atoms with Crippen LogP contribution in [0.15, 0.2) is 0 Å². The van der Waals surface area contributed by atoms with Crippen LogP contribution in [0.3, 0.4) is 0 Å². The third kappa shape index (κ3) is 4.72. The summed E-state index contributed by atoms with van der Waals surface area (Å²) in [7, 11) is 0. The van der Waals surface area contributed by atoms with Crippen molar-refractivity contribution >= 4 is 5.91 Å². The molecule has 1 fully saturated rings. The highest BCUT2D eigenvalue weighted by Gasteiger charge is 2.41. The fourth-order valence-electron chi connectivity index (χ4n) is 3.79. The van der Waals surface area contributed by atoms with Gasteiger partial charge in [-0.15, -0.1) is 0 Å². The first-order chi connectivity index (χ1) is 9.34. The van der Waals surface area contributed by atoms with Crippen LogP contribution in [0.25, 0.3) is 0 Å². The molecule has 0 N–H and O–H groups in total. The minimum atomic E-state index is -0.109. The lowest BCUT2D eigenvalue weighted by molar-refractivity contribution is -0.144. The molecule has 1 saturated heterocycles. The molecule has 0 aliphatic carbocycles. The van der Waals surface area contributed by atoms with E-state index in [1.54, 1.807) is 0 Å². The molecule has 21 heavy (non-hydrogen) atoms. The average molecular weight is 296 g/mol. The number of carbonyl (C=O) groups is 1. The smallest absolute Gasteiger partial charge is 0.223 e. The van der Waals surface area contributed by atoms with Crippen LogP contribution in [-0.4, -0.2) is 22.4 Å². The first-order valence-corrected chi connectivity index (χ1v) is 8.66. The van der Waals surface area contributed by atoms with Gasteiger partial charge in [0.1, 0.15) is 0 Å². The highest BCUT2D eigenvalue weighted by atomic mass is 16.2. The number of amides is 1. The molecule has 0 aromatic carbocycles. The minimum absolute atomic E-state index is 0.109. The van der Waals surface area contributed by atoms with Crippen molar-refractivity contribution in [1.29, 1.82) is 0 Å². The van der Waals surface area contributed by atoms with Crippen molar-refractivity contribution in [3.8, 4) is 0 Å². The molecule has 2 nitrogen and oxygen atoms in total. The van der Waals surface area contributed by atoms with Crippen LogP contribution in [0.4, 0.5) is 0 Å². The molecular weight excluding hydrogens is 258 g/mol.